The molecule has 102 valence electrons. The molecular weight excluding hydrogens is 299 g/mol. The van der Waals surface area contributed by atoms with Crippen LogP contribution in [-0.4, -0.2) is 17.3 Å². The number of benzene rings is 2. The van der Waals surface area contributed by atoms with E-state index in [-0.39, 0.29) is 5.56 Å². The molecule has 0 aliphatic carbocycles. The molecule has 0 radical (unpaired) electrons. The van der Waals surface area contributed by atoms with E-state index in [4.69, 9.17) is 28.3 Å². The van der Waals surface area contributed by atoms with Crippen LogP contribution in [0.1, 0.15) is 15.9 Å². The number of hydrazone groups is 1. The van der Waals surface area contributed by atoms with Crippen molar-refractivity contribution < 1.29 is 9.90 Å². The molecule has 2 aromatic carbocycles. The van der Waals surface area contributed by atoms with Gasteiger partial charge in [-0.05, 0) is 24.3 Å². The standard InChI is InChI=1S/C14H10Cl2N2O2/c15-10-6-5-9(12(16)7-10)8-17-18-13-4-2-1-3-11(13)14(19)20/h1-8,18H,(H,19,20)/b17-8+. The fourth-order valence-electron chi connectivity index (χ4n) is 1.54. The van der Waals surface area contributed by atoms with Crippen molar-refractivity contribution in [2.24, 2.45) is 5.10 Å². The zero-order chi connectivity index (χ0) is 14.5. The summed E-state index contributed by atoms with van der Waals surface area (Å²) in [5.41, 5.74) is 3.91. The van der Waals surface area contributed by atoms with Crippen LogP contribution in [0.2, 0.25) is 10.0 Å². The molecule has 2 rings (SSSR count). The van der Waals surface area contributed by atoms with E-state index < -0.39 is 5.97 Å². The molecule has 0 atom stereocenters. The quantitative estimate of drug-likeness (QED) is 0.659. The number of nitrogens with one attached hydrogen (secondary N) is 1. The first-order chi connectivity index (χ1) is 9.58. The third-order valence-corrected chi connectivity index (χ3v) is 3.07. The van der Waals surface area contributed by atoms with Crippen molar-refractivity contribution in [1.29, 1.82) is 0 Å². The molecule has 2 N–H and O–H groups in total. The van der Waals surface area contributed by atoms with Gasteiger partial charge in [0.05, 0.1) is 22.5 Å². The van der Waals surface area contributed by atoms with Crippen molar-refractivity contribution in [2.45, 2.75) is 0 Å². The van der Waals surface area contributed by atoms with Gasteiger partial charge in [0.2, 0.25) is 0 Å². The number of carboxylic acids is 1. The van der Waals surface area contributed by atoms with Gasteiger partial charge in [0.25, 0.3) is 0 Å². The summed E-state index contributed by atoms with van der Waals surface area (Å²) in [6, 6.07) is 11.5. The topological polar surface area (TPSA) is 61.7 Å². The first-order valence-electron chi connectivity index (χ1n) is 5.64. The molecule has 4 nitrogen and oxygen atoms in total. The van der Waals surface area contributed by atoms with Crippen LogP contribution in [-0.2, 0) is 0 Å². The van der Waals surface area contributed by atoms with E-state index in [1.54, 1.807) is 36.4 Å². The second-order valence-electron chi connectivity index (χ2n) is 3.89. The van der Waals surface area contributed by atoms with Crippen LogP contribution in [0, 0.1) is 0 Å². The highest BCUT2D eigenvalue weighted by Gasteiger charge is 2.07. The number of carbonyl (C=O) groups is 1. The molecule has 6 heteroatoms. The Kier molecular flexibility index (Phi) is 4.61. The van der Waals surface area contributed by atoms with Gasteiger partial charge in [0, 0.05) is 10.6 Å². The maximum Gasteiger partial charge on any atom is 0.337 e. The molecule has 0 amide bonds. The van der Waals surface area contributed by atoms with Crippen LogP contribution in [0.25, 0.3) is 0 Å². The summed E-state index contributed by atoms with van der Waals surface area (Å²) >= 11 is 11.8. The van der Waals surface area contributed by atoms with E-state index in [0.29, 0.717) is 21.3 Å². The van der Waals surface area contributed by atoms with Crippen molar-refractivity contribution in [3.05, 3.63) is 63.6 Å². The Hall–Kier alpha value is -2.04. The monoisotopic (exact) mass is 308 g/mol. The minimum absolute atomic E-state index is 0.145. The normalized spacial score (nSPS) is 10.7. The maximum absolute atomic E-state index is 11.0. The number of carboxylic acid groups (broad SMARTS) is 1. The summed E-state index contributed by atoms with van der Waals surface area (Å²) in [6.07, 6.45) is 1.50. The van der Waals surface area contributed by atoms with Crippen molar-refractivity contribution in [1.82, 2.24) is 0 Å². The van der Waals surface area contributed by atoms with E-state index in [0.717, 1.165) is 0 Å². The predicted molar refractivity (Wildman–Crippen MR) is 81.1 cm³/mol. The number of rotatable bonds is 4. The Morgan fingerprint density at radius 3 is 2.65 bits per heavy atom. The molecule has 0 heterocycles. The third kappa shape index (κ3) is 3.50. The lowest BCUT2D eigenvalue weighted by atomic mass is 10.2. The van der Waals surface area contributed by atoms with Gasteiger partial charge in [-0.25, -0.2) is 4.79 Å². The lowest BCUT2D eigenvalue weighted by molar-refractivity contribution is 0.0698. The molecule has 0 saturated heterocycles. The van der Waals surface area contributed by atoms with Crippen LogP contribution in [0.3, 0.4) is 0 Å². The van der Waals surface area contributed by atoms with Crippen LogP contribution >= 0.6 is 23.2 Å². The number of halogens is 2. The smallest absolute Gasteiger partial charge is 0.337 e. The summed E-state index contributed by atoms with van der Waals surface area (Å²) < 4.78 is 0. The Morgan fingerprint density at radius 2 is 1.95 bits per heavy atom. The zero-order valence-corrected chi connectivity index (χ0v) is 11.7. The Labute approximate surface area is 125 Å². The van der Waals surface area contributed by atoms with E-state index in [2.05, 4.69) is 10.5 Å². The van der Waals surface area contributed by atoms with Gasteiger partial charge in [-0.15, -0.1) is 0 Å². The van der Waals surface area contributed by atoms with Crippen LogP contribution in [0.4, 0.5) is 5.69 Å². The molecule has 0 spiro atoms. The number of hydrogen-bond donors (Lipinski definition) is 2. The number of para-hydroxylation sites is 1. The number of nitrogens with zero attached hydrogens (tertiary/aromatic N) is 1. The molecule has 0 aliphatic rings. The Morgan fingerprint density at radius 1 is 1.20 bits per heavy atom. The minimum Gasteiger partial charge on any atom is -0.478 e. The van der Waals surface area contributed by atoms with Gasteiger partial charge in [-0.2, -0.15) is 5.10 Å². The fourth-order valence-corrected chi connectivity index (χ4v) is 2.00. The van der Waals surface area contributed by atoms with Gasteiger partial charge >= 0.3 is 5.97 Å². The predicted octanol–water partition coefficient (Wildman–Crippen LogP) is 4.14. The van der Waals surface area contributed by atoms with Crippen molar-refractivity contribution in [3.8, 4) is 0 Å². The molecular formula is C14H10Cl2N2O2. The second-order valence-corrected chi connectivity index (χ2v) is 4.73. The van der Waals surface area contributed by atoms with Crippen LogP contribution in [0.5, 0.6) is 0 Å². The first kappa shape index (κ1) is 14.4. The molecule has 0 unspecified atom stereocenters. The fraction of sp³-hybridized carbons (Fsp3) is 0. The van der Waals surface area contributed by atoms with E-state index >= 15 is 0 Å². The van der Waals surface area contributed by atoms with Crippen molar-refractivity contribution in [2.75, 3.05) is 5.43 Å². The van der Waals surface area contributed by atoms with Gasteiger partial charge in [-0.1, -0.05) is 41.4 Å². The largest absolute Gasteiger partial charge is 0.478 e. The summed E-state index contributed by atoms with van der Waals surface area (Å²) in [4.78, 5) is 11.0. The lowest BCUT2D eigenvalue weighted by Gasteiger charge is -2.04. The number of hydrogen-bond acceptors (Lipinski definition) is 3. The molecule has 2 aromatic rings. The molecule has 0 fully saturated rings. The molecule has 0 aromatic heterocycles. The summed E-state index contributed by atoms with van der Waals surface area (Å²) in [6.45, 7) is 0. The summed E-state index contributed by atoms with van der Waals surface area (Å²) in [5.74, 6) is -1.02. The van der Waals surface area contributed by atoms with Crippen LogP contribution < -0.4 is 5.43 Å². The highest BCUT2D eigenvalue weighted by atomic mass is 35.5. The van der Waals surface area contributed by atoms with Gasteiger partial charge in [0.15, 0.2) is 0 Å². The SMILES string of the molecule is O=C(O)c1ccccc1N/N=C/c1ccc(Cl)cc1Cl. The van der Waals surface area contributed by atoms with E-state index in [1.807, 2.05) is 0 Å². The van der Waals surface area contributed by atoms with Crippen molar-refractivity contribution >= 4 is 41.1 Å². The lowest BCUT2D eigenvalue weighted by Crippen LogP contribution is -2.02. The van der Waals surface area contributed by atoms with E-state index in [9.17, 15) is 4.79 Å². The molecule has 0 bridgehead atoms. The number of anilines is 1. The highest BCUT2D eigenvalue weighted by Crippen LogP contribution is 2.20. The van der Waals surface area contributed by atoms with Gasteiger partial charge < -0.3 is 5.11 Å². The first-order valence-corrected chi connectivity index (χ1v) is 6.40. The Bertz CT molecular complexity index is 672. The minimum atomic E-state index is -1.02. The second kappa shape index (κ2) is 6.41. The van der Waals surface area contributed by atoms with Gasteiger partial charge in [0.1, 0.15) is 0 Å². The number of aromatic carboxylic acids is 1. The zero-order valence-electron chi connectivity index (χ0n) is 10.2. The molecule has 0 saturated carbocycles. The van der Waals surface area contributed by atoms with Gasteiger partial charge in [-0.3, -0.25) is 5.43 Å². The maximum atomic E-state index is 11.0. The summed E-state index contributed by atoms with van der Waals surface area (Å²) in [5, 5.41) is 14.0. The highest BCUT2D eigenvalue weighted by molar-refractivity contribution is 6.36. The molecule has 0 aliphatic heterocycles. The Balaban J connectivity index is 2.16. The van der Waals surface area contributed by atoms with E-state index in [1.165, 1.54) is 12.3 Å². The molecule has 20 heavy (non-hydrogen) atoms. The average molecular weight is 309 g/mol. The average Bonchev–Trinajstić information content (AvgIpc) is 2.41. The summed E-state index contributed by atoms with van der Waals surface area (Å²) in [7, 11) is 0. The third-order valence-electron chi connectivity index (χ3n) is 2.51. The van der Waals surface area contributed by atoms with Crippen molar-refractivity contribution in [3.63, 3.8) is 0 Å². The van der Waals surface area contributed by atoms with Crippen LogP contribution in [0.15, 0.2) is 47.6 Å².